The molecule has 3 N–H and O–H groups in total. The van der Waals surface area contributed by atoms with Gasteiger partial charge in [-0.05, 0) is 23.8 Å². The number of ether oxygens (including phenoxy) is 5. The summed E-state index contributed by atoms with van der Waals surface area (Å²) in [4.78, 5) is 23.2. The molecule has 0 spiro atoms. The Morgan fingerprint density at radius 1 is 1.00 bits per heavy atom. The minimum absolute atomic E-state index is 0.0518. The molecule has 2 aliphatic rings. The molecule has 0 aromatic heterocycles. The van der Waals surface area contributed by atoms with Crippen molar-refractivity contribution in [3.8, 4) is 28.7 Å². The third-order valence-corrected chi connectivity index (χ3v) is 4.09. The van der Waals surface area contributed by atoms with Crippen molar-refractivity contribution in [1.82, 2.24) is 5.32 Å². The minimum atomic E-state index is -0.746. The second-order valence-electron chi connectivity index (χ2n) is 5.89. The number of nitrogens with two attached hydrogens (primary N) is 1. The van der Waals surface area contributed by atoms with Crippen LogP contribution in [0.15, 0.2) is 30.3 Å². The van der Waals surface area contributed by atoms with Gasteiger partial charge in [0.2, 0.25) is 13.6 Å². The van der Waals surface area contributed by atoms with Crippen molar-refractivity contribution in [2.24, 2.45) is 5.73 Å². The summed E-state index contributed by atoms with van der Waals surface area (Å²) < 4.78 is 26.8. The number of fused-ring (bicyclic) bond motifs is 2. The van der Waals surface area contributed by atoms with E-state index in [4.69, 9.17) is 29.4 Å². The fraction of sp³-hybridized carbons (Fsp3) is 0.222. The van der Waals surface area contributed by atoms with Gasteiger partial charge in [-0.25, -0.2) is 4.79 Å². The van der Waals surface area contributed by atoms with Gasteiger partial charge < -0.3 is 34.7 Å². The molecule has 2 heterocycles. The zero-order chi connectivity index (χ0) is 19.0. The van der Waals surface area contributed by atoms with E-state index in [9.17, 15) is 9.59 Å². The highest BCUT2D eigenvalue weighted by Gasteiger charge is 2.27. The molecule has 2 amide bonds. The average Bonchev–Trinajstić information content (AvgIpc) is 3.26. The summed E-state index contributed by atoms with van der Waals surface area (Å²) in [6, 6.07) is 6.94. The van der Waals surface area contributed by atoms with Crippen LogP contribution in [0, 0.1) is 0 Å². The standard InChI is InChI=1S/C18H16N2O7/c1-9(21)27-13-6-16-15(25-8-26-16)5-11(13)17(20-18(19)22)10-2-3-12-14(4-10)24-7-23-12/h2-6,17H,7-8H2,1H3,(H3,19,20,22)/t17-/m1/s1. The monoisotopic (exact) mass is 372 g/mol. The van der Waals surface area contributed by atoms with Crippen molar-refractivity contribution in [3.63, 3.8) is 0 Å². The Labute approximate surface area is 153 Å². The number of hydrogen-bond donors (Lipinski definition) is 2. The first-order chi connectivity index (χ1) is 13.0. The first-order valence-corrected chi connectivity index (χ1v) is 8.09. The fourth-order valence-electron chi connectivity index (χ4n) is 2.98. The van der Waals surface area contributed by atoms with E-state index in [1.54, 1.807) is 30.3 Å². The predicted molar refractivity (Wildman–Crippen MR) is 91.0 cm³/mol. The van der Waals surface area contributed by atoms with Gasteiger partial charge in [0.1, 0.15) is 5.75 Å². The van der Waals surface area contributed by atoms with E-state index in [0.29, 0.717) is 34.1 Å². The molecule has 0 bridgehead atoms. The highest BCUT2D eigenvalue weighted by Crippen LogP contribution is 2.43. The van der Waals surface area contributed by atoms with Crippen LogP contribution in [0.25, 0.3) is 0 Å². The summed E-state index contributed by atoms with van der Waals surface area (Å²) in [5.74, 6) is 1.76. The Kier molecular flexibility index (Phi) is 4.11. The lowest BCUT2D eigenvalue weighted by molar-refractivity contribution is -0.131. The van der Waals surface area contributed by atoms with E-state index in [-0.39, 0.29) is 19.3 Å². The number of benzene rings is 2. The maximum Gasteiger partial charge on any atom is 0.312 e. The van der Waals surface area contributed by atoms with Gasteiger partial charge >= 0.3 is 12.0 Å². The zero-order valence-corrected chi connectivity index (χ0v) is 14.3. The molecule has 4 rings (SSSR count). The zero-order valence-electron chi connectivity index (χ0n) is 14.3. The normalized spacial score (nSPS) is 14.6. The van der Waals surface area contributed by atoms with E-state index in [1.807, 2.05) is 0 Å². The highest BCUT2D eigenvalue weighted by molar-refractivity contribution is 5.75. The first-order valence-electron chi connectivity index (χ1n) is 8.09. The van der Waals surface area contributed by atoms with E-state index >= 15 is 0 Å². The van der Waals surface area contributed by atoms with Crippen LogP contribution in [-0.2, 0) is 4.79 Å². The van der Waals surface area contributed by atoms with Gasteiger partial charge in [0.05, 0.1) is 6.04 Å². The molecule has 0 radical (unpaired) electrons. The summed E-state index contributed by atoms with van der Waals surface area (Å²) in [6.07, 6.45) is 0. The van der Waals surface area contributed by atoms with Gasteiger partial charge in [-0.1, -0.05) is 6.07 Å². The fourth-order valence-corrected chi connectivity index (χ4v) is 2.98. The second-order valence-corrected chi connectivity index (χ2v) is 5.89. The van der Waals surface area contributed by atoms with Gasteiger partial charge in [-0.15, -0.1) is 0 Å². The van der Waals surface area contributed by atoms with Crippen LogP contribution in [0.4, 0.5) is 4.79 Å². The van der Waals surface area contributed by atoms with Crippen molar-refractivity contribution in [3.05, 3.63) is 41.5 Å². The summed E-state index contributed by atoms with van der Waals surface area (Å²) in [6.45, 7) is 1.46. The molecule has 0 saturated carbocycles. The maximum absolute atomic E-state index is 11.6. The van der Waals surface area contributed by atoms with Crippen LogP contribution in [0.5, 0.6) is 28.7 Å². The smallest absolute Gasteiger partial charge is 0.312 e. The molecule has 2 aliphatic heterocycles. The van der Waals surface area contributed by atoms with Crippen molar-refractivity contribution in [2.45, 2.75) is 13.0 Å². The Morgan fingerprint density at radius 3 is 2.30 bits per heavy atom. The van der Waals surface area contributed by atoms with Crippen LogP contribution in [0.1, 0.15) is 24.1 Å². The molecule has 0 fully saturated rings. The van der Waals surface area contributed by atoms with Crippen LogP contribution in [0.3, 0.4) is 0 Å². The van der Waals surface area contributed by atoms with E-state index in [0.717, 1.165) is 0 Å². The Morgan fingerprint density at radius 2 is 1.63 bits per heavy atom. The minimum Gasteiger partial charge on any atom is -0.454 e. The first kappa shape index (κ1) is 16.8. The van der Waals surface area contributed by atoms with Crippen LogP contribution in [-0.4, -0.2) is 25.6 Å². The van der Waals surface area contributed by atoms with E-state index in [1.165, 1.54) is 6.92 Å². The van der Waals surface area contributed by atoms with Crippen LogP contribution in [0.2, 0.25) is 0 Å². The lowest BCUT2D eigenvalue weighted by Gasteiger charge is -2.21. The summed E-state index contributed by atoms with van der Waals surface area (Å²) >= 11 is 0. The number of primary amides is 1. The number of amides is 2. The van der Waals surface area contributed by atoms with Crippen molar-refractivity contribution < 1.29 is 33.3 Å². The molecule has 0 saturated heterocycles. The molecular formula is C18H16N2O7. The average molecular weight is 372 g/mol. The number of nitrogens with one attached hydrogen (secondary N) is 1. The van der Waals surface area contributed by atoms with Gasteiger partial charge in [0.15, 0.2) is 23.0 Å². The lowest BCUT2D eigenvalue weighted by Crippen LogP contribution is -2.34. The number of carbonyl (C=O) groups excluding carboxylic acids is 2. The number of urea groups is 1. The molecule has 2 aromatic carbocycles. The van der Waals surface area contributed by atoms with Gasteiger partial charge in [0, 0.05) is 18.6 Å². The van der Waals surface area contributed by atoms with Crippen LogP contribution < -0.4 is 34.7 Å². The van der Waals surface area contributed by atoms with Gasteiger partial charge in [-0.3, -0.25) is 4.79 Å². The molecule has 9 nitrogen and oxygen atoms in total. The molecule has 1 atom stereocenters. The topological polar surface area (TPSA) is 118 Å². The number of rotatable bonds is 4. The van der Waals surface area contributed by atoms with Crippen LogP contribution >= 0.6 is 0 Å². The second kappa shape index (κ2) is 6.60. The number of carbonyl (C=O) groups is 2. The maximum atomic E-state index is 11.6. The quantitative estimate of drug-likeness (QED) is 0.621. The van der Waals surface area contributed by atoms with Gasteiger partial charge in [0.25, 0.3) is 0 Å². The Hall–Kier alpha value is -3.62. The summed E-state index contributed by atoms with van der Waals surface area (Å²) in [5.41, 5.74) is 6.51. The third-order valence-electron chi connectivity index (χ3n) is 4.09. The highest BCUT2D eigenvalue weighted by atomic mass is 16.7. The SMILES string of the molecule is CC(=O)Oc1cc2c(cc1[C@H](NC(N)=O)c1ccc3c(c1)OCO3)OCO2. The van der Waals surface area contributed by atoms with Crippen molar-refractivity contribution in [2.75, 3.05) is 13.6 Å². The molecule has 2 aromatic rings. The molecular weight excluding hydrogens is 356 g/mol. The van der Waals surface area contributed by atoms with Crippen molar-refractivity contribution in [1.29, 1.82) is 0 Å². The van der Waals surface area contributed by atoms with Crippen molar-refractivity contribution >= 4 is 12.0 Å². The third kappa shape index (κ3) is 3.26. The van der Waals surface area contributed by atoms with Gasteiger partial charge in [-0.2, -0.15) is 0 Å². The molecule has 140 valence electrons. The Bertz CT molecular complexity index is 928. The molecule has 27 heavy (non-hydrogen) atoms. The molecule has 0 aliphatic carbocycles. The molecule has 0 unspecified atom stereocenters. The predicted octanol–water partition coefficient (Wildman–Crippen LogP) is 1.83. The van der Waals surface area contributed by atoms with E-state index in [2.05, 4.69) is 5.32 Å². The largest absolute Gasteiger partial charge is 0.454 e. The number of esters is 1. The summed E-state index contributed by atoms with van der Waals surface area (Å²) in [5, 5.41) is 2.66. The molecule has 9 heteroatoms. The Balaban J connectivity index is 1.82. The number of hydrogen-bond acceptors (Lipinski definition) is 7. The van der Waals surface area contributed by atoms with E-state index < -0.39 is 18.0 Å². The summed E-state index contributed by atoms with van der Waals surface area (Å²) in [7, 11) is 0. The lowest BCUT2D eigenvalue weighted by atomic mass is 9.96.